The summed E-state index contributed by atoms with van der Waals surface area (Å²) in [4.78, 5) is 19.6. The molecule has 7 nitrogen and oxygen atoms in total. The average Bonchev–Trinajstić information content (AvgIpc) is 3.16. The molecule has 1 amide bonds. The van der Waals surface area contributed by atoms with Gasteiger partial charge in [-0.3, -0.25) is 9.79 Å². The maximum atomic E-state index is 12.0. The number of rotatable bonds is 9. The molecule has 1 saturated heterocycles. The molecule has 172 valence electrons. The molecular formula is C24H25ClN4O3S. The van der Waals surface area contributed by atoms with Gasteiger partial charge < -0.3 is 19.7 Å². The molecule has 1 fully saturated rings. The van der Waals surface area contributed by atoms with Gasteiger partial charge in [0, 0.05) is 12.6 Å². The Morgan fingerprint density at radius 3 is 2.67 bits per heavy atom. The van der Waals surface area contributed by atoms with Gasteiger partial charge in [0.15, 0.2) is 11.5 Å². The number of thioether (sulfide) groups is 1. The lowest BCUT2D eigenvalue weighted by Gasteiger charge is -2.16. The number of amides is 1. The first-order chi connectivity index (χ1) is 16.0. The van der Waals surface area contributed by atoms with Crippen molar-refractivity contribution < 1.29 is 14.3 Å². The smallest absolute Gasteiger partial charge is 0.289 e. The number of carbonyl (C=O) groups is 1. The second kappa shape index (κ2) is 11.8. The van der Waals surface area contributed by atoms with Crippen molar-refractivity contribution in [3.63, 3.8) is 0 Å². The van der Waals surface area contributed by atoms with Crippen LogP contribution in [0.5, 0.6) is 17.2 Å². The summed E-state index contributed by atoms with van der Waals surface area (Å²) >= 11 is 7.21. The standard InChI is InChI=1S/C24H25ClN4O3S/c1-4-29(5-2)11-10-27-23-22(33-24(30)28-23)13-16-6-9-20(21(12-16)31-3)32-18-8-7-17(15-26)19(25)14-18/h6-9,12-14H,4-5,10-11H2,1-3H3,(H,27,28,30)/b22-13-. The Hall–Kier alpha value is -2.99. The quantitative estimate of drug-likeness (QED) is 0.502. The molecule has 1 N–H and O–H groups in total. The number of ether oxygens (including phenoxy) is 2. The van der Waals surface area contributed by atoms with E-state index in [0.717, 1.165) is 41.9 Å². The molecule has 0 radical (unpaired) electrons. The number of methoxy groups -OCH3 is 1. The van der Waals surface area contributed by atoms with Crippen molar-refractivity contribution in [2.24, 2.45) is 4.99 Å². The molecule has 1 heterocycles. The Bertz CT molecular complexity index is 1120. The van der Waals surface area contributed by atoms with E-state index in [4.69, 9.17) is 26.3 Å². The Morgan fingerprint density at radius 1 is 1.21 bits per heavy atom. The van der Waals surface area contributed by atoms with E-state index in [1.165, 1.54) is 0 Å². The number of nitrogens with one attached hydrogen (secondary N) is 1. The van der Waals surface area contributed by atoms with E-state index in [1.54, 1.807) is 31.4 Å². The van der Waals surface area contributed by atoms with E-state index in [-0.39, 0.29) is 5.24 Å². The Morgan fingerprint density at radius 2 is 2.00 bits per heavy atom. The Labute approximate surface area is 203 Å². The molecule has 3 rings (SSSR count). The SMILES string of the molecule is CCN(CC)CCN=C1NC(=O)S/C1=C\c1ccc(Oc2ccc(C#N)c(Cl)c2)c(OC)c1. The number of nitriles is 1. The van der Waals surface area contributed by atoms with Gasteiger partial charge in [-0.05, 0) is 60.8 Å². The zero-order valence-electron chi connectivity index (χ0n) is 18.7. The molecule has 0 bridgehead atoms. The summed E-state index contributed by atoms with van der Waals surface area (Å²) in [6.07, 6.45) is 1.89. The van der Waals surface area contributed by atoms with Gasteiger partial charge in [-0.2, -0.15) is 5.26 Å². The van der Waals surface area contributed by atoms with Crippen molar-refractivity contribution in [1.29, 1.82) is 5.26 Å². The van der Waals surface area contributed by atoms with Crippen LogP contribution in [0.1, 0.15) is 25.0 Å². The third-order valence-electron chi connectivity index (χ3n) is 5.01. The summed E-state index contributed by atoms with van der Waals surface area (Å²) in [5, 5.41) is 12.0. The highest BCUT2D eigenvalue weighted by Crippen LogP contribution is 2.35. The fourth-order valence-corrected chi connectivity index (χ4v) is 4.14. The van der Waals surface area contributed by atoms with E-state index in [1.807, 2.05) is 24.3 Å². The van der Waals surface area contributed by atoms with Crippen LogP contribution in [0.25, 0.3) is 6.08 Å². The summed E-state index contributed by atoms with van der Waals surface area (Å²) in [5.74, 6) is 2.10. The number of benzene rings is 2. The predicted octanol–water partition coefficient (Wildman–Crippen LogP) is 5.55. The van der Waals surface area contributed by atoms with Gasteiger partial charge in [-0.25, -0.2) is 0 Å². The van der Waals surface area contributed by atoms with Gasteiger partial charge in [-0.15, -0.1) is 0 Å². The molecule has 2 aromatic carbocycles. The number of nitrogens with zero attached hydrogens (tertiary/aromatic N) is 3. The first-order valence-corrected chi connectivity index (χ1v) is 11.7. The van der Waals surface area contributed by atoms with Crippen molar-refractivity contribution >= 4 is 40.5 Å². The minimum atomic E-state index is -0.146. The summed E-state index contributed by atoms with van der Waals surface area (Å²) in [6, 6.07) is 12.4. The van der Waals surface area contributed by atoms with Crippen LogP contribution >= 0.6 is 23.4 Å². The van der Waals surface area contributed by atoms with Crippen molar-refractivity contribution in [2.45, 2.75) is 13.8 Å². The maximum Gasteiger partial charge on any atom is 0.289 e. The van der Waals surface area contributed by atoms with Crippen molar-refractivity contribution in [3.8, 4) is 23.3 Å². The molecule has 0 aliphatic carbocycles. The summed E-state index contributed by atoms with van der Waals surface area (Å²) < 4.78 is 11.4. The van der Waals surface area contributed by atoms with Gasteiger partial charge in [0.1, 0.15) is 17.7 Å². The van der Waals surface area contributed by atoms with Crippen LogP contribution in [-0.4, -0.2) is 49.3 Å². The average molecular weight is 485 g/mol. The molecule has 9 heteroatoms. The molecule has 0 unspecified atom stereocenters. The zero-order valence-corrected chi connectivity index (χ0v) is 20.3. The summed E-state index contributed by atoms with van der Waals surface area (Å²) in [7, 11) is 1.56. The number of hydrogen-bond acceptors (Lipinski definition) is 7. The second-order valence-corrected chi connectivity index (χ2v) is 8.47. The van der Waals surface area contributed by atoms with E-state index in [0.29, 0.717) is 40.2 Å². The predicted molar refractivity (Wildman–Crippen MR) is 133 cm³/mol. The van der Waals surface area contributed by atoms with Crippen molar-refractivity contribution in [3.05, 3.63) is 57.5 Å². The molecule has 0 spiro atoms. The third kappa shape index (κ3) is 6.51. The number of carbonyl (C=O) groups excluding carboxylic acids is 1. The van der Waals surface area contributed by atoms with Crippen LogP contribution in [0.2, 0.25) is 5.02 Å². The number of hydrogen-bond donors (Lipinski definition) is 1. The lowest BCUT2D eigenvalue weighted by Crippen LogP contribution is -2.27. The van der Waals surface area contributed by atoms with Gasteiger partial charge in [0.05, 0.1) is 29.1 Å². The lowest BCUT2D eigenvalue weighted by molar-refractivity contribution is 0.265. The van der Waals surface area contributed by atoms with Crippen LogP contribution in [0.3, 0.4) is 0 Å². The first-order valence-electron chi connectivity index (χ1n) is 10.5. The highest BCUT2D eigenvalue weighted by atomic mass is 35.5. The maximum absolute atomic E-state index is 12.0. The van der Waals surface area contributed by atoms with E-state index < -0.39 is 0 Å². The van der Waals surface area contributed by atoms with Crippen LogP contribution < -0.4 is 14.8 Å². The Balaban J connectivity index is 1.79. The first kappa shape index (κ1) is 24.6. The summed E-state index contributed by atoms with van der Waals surface area (Å²) in [6.45, 7) is 7.61. The largest absolute Gasteiger partial charge is 0.493 e. The van der Waals surface area contributed by atoms with Gasteiger partial charge in [0.25, 0.3) is 5.24 Å². The fourth-order valence-electron chi connectivity index (χ4n) is 3.18. The molecule has 0 atom stereocenters. The molecule has 1 aliphatic rings. The minimum absolute atomic E-state index is 0.146. The topological polar surface area (TPSA) is 87.0 Å². The van der Waals surface area contributed by atoms with Gasteiger partial charge in [0.2, 0.25) is 0 Å². The molecule has 33 heavy (non-hydrogen) atoms. The van der Waals surface area contributed by atoms with Gasteiger partial charge in [-0.1, -0.05) is 31.5 Å². The van der Waals surface area contributed by atoms with E-state index in [2.05, 4.69) is 29.1 Å². The van der Waals surface area contributed by atoms with Crippen LogP contribution in [0.4, 0.5) is 4.79 Å². The van der Waals surface area contributed by atoms with Crippen molar-refractivity contribution in [2.75, 3.05) is 33.3 Å². The molecule has 2 aromatic rings. The van der Waals surface area contributed by atoms with Crippen LogP contribution in [0.15, 0.2) is 46.3 Å². The van der Waals surface area contributed by atoms with Gasteiger partial charge >= 0.3 is 0 Å². The zero-order chi connectivity index (χ0) is 23.8. The molecular weight excluding hydrogens is 460 g/mol. The van der Waals surface area contributed by atoms with E-state index >= 15 is 0 Å². The van der Waals surface area contributed by atoms with E-state index in [9.17, 15) is 4.79 Å². The molecule has 1 aliphatic heterocycles. The Kier molecular flexibility index (Phi) is 8.78. The van der Waals surface area contributed by atoms with Crippen molar-refractivity contribution in [1.82, 2.24) is 10.2 Å². The minimum Gasteiger partial charge on any atom is -0.493 e. The highest BCUT2D eigenvalue weighted by Gasteiger charge is 2.23. The normalized spacial score (nSPS) is 15.7. The number of amidine groups is 1. The second-order valence-electron chi connectivity index (χ2n) is 7.05. The van der Waals surface area contributed by atoms with Crippen LogP contribution in [0, 0.1) is 11.3 Å². The van der Waals surface area contributed by atoms with Crippen LogP contribution in [-0.2, 0) is 0 Å². The lowest BCUT2D eigenvalue weighted by atomic mass is 10.1. The molecule has 0 saturated carbocycles. The molecule has 0 aromatic heterocycles. The monoisotopic (exact) mass is 484 g/mol. The third-order valence-corrected chi connectivity index (χ3v) is 6.14. The highest BCUT2D eigenvalue weighted by molar-refractivity contribution is 8.18. The number of aliphatic imine (C=N–C) groups is 1. The number of likely N-dealkylation sites (N-methyl/N-ethyl adjacent to an activating group) is 1. The summed E-state index contributed by atoms with van der Waals surface area (Å²) in [5.41, 5.74) is 1.22. The number of halogens is 1. The fraction of sp³-hybridized carbons (Fsp3) is 0.292.